The SMILES string of the molecule is CC(=O)OC[C@H]1O[C@@H](O[C@H]2[C@H](OC(C)=O)[C@@H](OC(C)=O)[C@H](OC[C@H](NC(=O)OCc3ccccc3)C(=O)OCc3ccccc3)O[C@@H]2COC(C)=O)[C@H](OC(C)=O)[C@@H](OC(C)=O)[C@H]1OC(C)=O. The van der Waals surface area contributed by atoms with E-state index in [-0.39, 0.29) is 13.2 Å². The van der Waals surface area contributed by atoms with Gasteiger partial charge < -0.3 is 66.9 Å². The van der Waals surface area contributed by atoms with Crippen molar-refractivity contribution < 1.29 is 105 Å². The normalized spacial score (nSPS) is 24.8. The molecular formula is C44H53NO22. The number of carbonyl (C=O) groups excluding carboxylic acids is 9. The maximum atomic E-state index is 13.6. The van der Waals surface area contributed by atoms with Crippen LogP contribution < -0.4 is 5.32 Å². The molecule has 11 atom stereocenters. The number of carbonyl (C=O) groups is 9. The smallest absolute Gasteiger partial charge is 0.408 e. The Labute approximate surface area is 384 Å². The van der Waals surface area contributed by atoms with E-state index >= 15 is 0 Å². The molecule has 67 heavy (non-hydrogen) atoms. The topological polar surface area (TPSA) is 286 Å². The molecule has 2 fully saturated rings. The Kier molecular flexibility index (Phi) is 20.4. The molecule has 4 rings (SSSR count). The summed E-state index contributed by atoms with van der Waals surface area (Å²) in [7, 11) is 0. The number of hydrogen-bond acceptors (Lipinski definition) is 22. The molecule has 1 N–H and O–H groups in total. The molecule has 23 nitrogen and oxygen atoms in total. The molecule has 0 saturated carbocycles. The lowest BCUT2D eigenvalue weighted by Crippen LogP contribution is -2.67. The van der Waals surface area contributed by atoms with Gasteiger partial charge in [-0.05, 0) is 11.1 Å². The molecule has 23 heteroatoms. The Morgan fingerprint density at radius 2 is 0.881 bits per heavy atom. The van der Waals surface area contributed by atoms with Gasteiger partial charge in [0.25, 0.3) is 0 Å². The molecule has 0 radical (unpaired) electrons. The zero-order valence-electron chi connectivity index (χ0n) is 37.6. The lowest BCUT2D eigenvalue weighted by molar-refractivity contribution is -0.361. The summed E-state index contributed by atoms with van der Waals surface area (Å²) in [6, 6.07) is 15.6. The van der Waals surface area contributed by atoms with E-state index in [4.69, 9.17) is 61.6 Å². The summed E-state index contributed by atoms with van der Waals surface area (Å²) in [6.07, 6.45) is -18.4. The Morgan fingerprint density at radius 3 is 1.36 bits per heavy atom. The fraction of sp³-hybridized carbons (Fsp3) is 0.523. The average molecular weight is 948 g/mol. The number of hydrogen-bond donors (Lipinski definition) is 1. The minimum atomic E-state index is -1.92. The highest BCUT2D eigenvalue weighted by atomic mass is 16.8. The van der Waals surface area contributed by atoms with Crippen LogP contribution in [0, 0.1) is 0 Å². The first kappa shape index (κ1) is 52.9. The lowest BCUT2D eigenvalue weighted by atomic mass is 9.96. The zero-order valence-corrected chi connectivity index (χ0v) is 37.6. The average Bonchev–Trinajstić information content (AvgIpc) is 3.25. The molecule has 0 unspecified atom stereocenters. The Morgan fingerprint density at radius 1 is 0.478 bits per heavy atom. The molecule has 2 heterocycles. The van der Waals surface area contributed by atoms with E-state index in [1.165, 1.54) is 0 Å². The maximum Gasteiger partial charge on any atom is 0.408 e. The molecule has 2 aromatic rings. The summed E-state index contributed by atoms with van der Waals surface area (Å²) in [4.78, 5) is 114. The lowest BCUT2D eigenvalue weighted by Gasteiger charge is -2.48. The second-order valence-corrected chi connectivity index (χ2v) is 14.8. The van der Waals surface area contributed by atoms with Crippen LogP contribution >= 0.6 is 0 Å². The minimum Gasteiger partial charge on any atom is -0.463 e. The van der Waals surface area contributed by atoms with Crippen LogP contribution in [0.3, 0.4) is 0 Å². The first-order valence-corrected chi connectivity index (χ1v) is 20.7. The van der Waals surface area contributed by atoms with E-state index in [1.807, 2.05) is 0 Å². The second-order valence-electron chi connectivity index (χ2n) is 14.8. The van der Waals surface area contributed by atoms with Crippen LogP contribution in [0.1, 0.15) is 59.6 Å². The van der Waals surface area contributed by atoms with Gasteiger partial charge in [0.2, 0.25) is 0 Å². The summed E-state index contributed by atoms with van der Waals surface area (Å²) < 4.78 is 73.6. The van der Waals surface area contributed by atoms with Crippen molar-refractivity contribution in [2.45, 2.75) is 129 Å². The van der Waals surface area contributed by atoms with Gasteiger partial charge in [-0.2, -0.15) is 0 Å². The standard InChI is InChI=1S/C44H53NO22/c1-23(46)55-21-33-35(60-25(3)48)37(61-26(4)49)40(64-29(7)52)43(66-33)67-36-34(22-56-24(2)47)65-42(39(63-28(6)51)38(36)62-27(5)50)58-20-32(41(53)57-18-30-14-10-8-11-15-30)45-44(54)59-19-31-16-12-9-13-17-31/h8-17,32-40,42-43H,18-22H2,1-7H3,(H,45,54)/t32-,33+,34+,35-,36+,37-,38-,39+,40+,42+,43-/m0/s1. The Hall–Kier alpha value is -6.69. The van der Waals surface area contributed by atoms with Crippen molar-refractivity contribution in [2.24, 2.45) is 0 Å². The molecule has 2 saturated heterocycles. The predicted molar refractivity (Wildman–Crippen MR) is 219 cm³/mol. The summed E-state index contributed by atoms with van der Waals surface area (Å²) in [5, 5.41) is 2.39. The van der Waals surface area contributed by atoms with Crippen LogP contribution in [0.2, 0.25) is 0 Å². The largest absolute Gasteiger partial charge is 0.463 e. The molecule has 2 aliphatic heterocycles. The molecular weight excluding hydrogens is 894 g/mol. The number of nitrogens with one attached hydrogen (secondary N) is 1. The van der Waals surface area contributed by atoms with Gasteiger partial charge in [-0.1, -0.05) is 60.7 Å². The van der Waals surface area contributed by atoms with Gasteiger partial charge in [0.15, 0.2) is 49.1 Å². The summed E-state index contributed by atoms with van der Waals surface area (Å²) in [5.74, 6) is -7.44. The number of amides is 1. The predicted octanol–water partition coefficient (Wildman–Crippen LogP) is 1.66. The van der Waals surface area contributed by atoms with E-state index in [9.17, 15) is 43.2 Å². The fourth-order valence-corrected chi connectivity index (χ4v) is 6.70. The highest BCUT2D eigenvalue weighted by Crippen LogP contribution is 2.35. The van der Waals surface area contributed by atoms with Gasteiger partial charge in [0, 0.05) is 48.5 Å². The van der Waals surface area contributed by atoms with Crippen LogP contribution in [0.5, 0.6) is 0 Å². The highest BCUT2D eigenvalue weighted by Gasteiger charge is 2.58. The van der Waals surface area contributed by atoms with Crippen molar-refractivity contribution in [3.8, 4) is 0 Å². The first-order chi connectivity index (χ1) is 31.8. The maximum absolute atomic E-state index is 13.6. The third-order valence-corrected chi connectivity index (χ3v) is 9.33. The van der Waals surface area contributed by atoms with Gasteiger partial charge in [-0.15, -0.1) is 0 Å². The number of rotatable bonds is 20. The highest BCUT2D eigenvalue weighted by molar-refractivity contribution is 5.81. The third-order valence-electron chi connectivity index (χ3n) is 9.33. The molecule has 0 spiro atoms. The molecule has 0 bridgehead atoms. The number of alkyl carbamates (subject to hydrolysis) is 1. The van der Waals surface area contributed by atoms with Crippen molar-refractivity contribution in [1.29, 1.82) is 0 Å². The van der Waals surface area contributed by atoms with Crippen molar-refractivity contribution >= 4 is 53.8 Å². The Balaban J connectivity index is 1.74. The number of benzene rings is 2. The van der Waals surface area contributed by atoms with E-state index in [0.29, 0.717) is 11.1 Å². The number of ether oxygens (including phenoxy) is 13. The van der Waals surface area contributed by atoms with Crippen molar-refractivity contribution in [2.75, 3.05) is 19.8 Å². The van der Waals surface area contributed by atoms with Gasteiger partial charge in [0.1, 0.15) is 44.7 Å². The molecule has 2 aromatic carbocycles. The molecule has 0 aromatic heterocycles. The Bertz CT molecular complexity index is 2030. The van der Waals surface area contributed by atoms with E-state index < -0.39 is 141 Å². The van der Waals surface area contributed by atoms with Crippen LogP contribution in [-0.4, -0.2) is 141 Å². The van der Waals surface area contributed by atoms with Gasteiger partial charge in [-0.25, -0.2) is 9.59 Å². The molecule has 0 aliphatic carbocycles. The van der Waals surface area contributed by atoms with Gasteiger partial charge in [0.05, 0.1) is 6.61 Å². The molecule has 366 valence electrons. The summed E-state index contributed by atoms with van der Waals surface area (Å²) in [5.41, 5.74) is 1.24. The van der Waals surface area contributed by atoms with E-state index in [2.05, 4.69) is 5.32 Å². The number of esters is 8. The van der Waals surface area contributed by atoms with Crippen LogP contribution in [0.15, 0.2) is 60.7 Å². The van der Waals surface area contributed by atoms with E-state index in [0.717, 1.165) is 48.5 Å². The first-order valence-electron chi connectivity index (χ1n) is 20.7. The van der Waals surface area contributed by atoms with Crippen molar-refractivity contribution in [1.82, 2.24) is 5.32 Å². The summed E-state index contributed by atoms with van der Waals surface area (Å²) in [6.45, 7) is 4.63. The monoisotopic (exact) mass is 947 g/mol. The molecule has 2 aliphatic rings. The van der Waals surface area contributed by atoms with Gasteiger partial charge in [-0.3, -0.25) is 33.6 Å². The quantitative estimate of drug-likeness (QED) is 0.146. The third kappa shape index (κ3) is 17.2. The van der Waals surface area contributed by atoms with Crippen molar-refractivity contribution in [3.05, 3.63) is 71.8 Å². The summed E-state index contributed by atoms with van der Waals surface area (Å²) >= 11 is 0. The van der Waals surface area contributed by atoms with Crippen LogP contribution in [0.25, 0.3) is 0 Å². The van der Waals surface area contributed by atoms with Gasteiger partial charge >= 0.3 is 53.8 Å². The zero-order chi connectivity index (χ0) is 49.2. The molecule has 1 amide bonds. The fourth-order valence-electron chi connectivity index (χ4n) is 6.70. The van der Waals surface area contributed by atoms with Crippen LogP contribution in [0.4, 0.5) is 4.79 Å². The van der Waals surface area contributed by atoms with Crippen LogP contribution in [-0.2, 0) is 113 Å². The van der Waals surface area contributed by atoms with Crippen molar-refractivity contribution in [3.63, 3.8) is 0 Å². The minimum absolute atomic E-state index is 0.178. The second kappa shape index (κ2) is 25.9. The van der Waals surface area contributed by atoms with E-state index in [1.54, 1.807) is 60.7 Å².